The van der Waals surface area contributed by atoms with Crippen LogP contribution in [-0.4, -0.2) is 41.0 Å². The number of carbonyl (C=O) groups is 2. The molecule has 3 N–H and O–H groups in total. The third kappa shape index (κ3) is 3.20. The van der Waals surface area contributed by atoms with Crippen LogP contribution in [0, 0.1) is 0 Å². The van der Waals surface area contributed by atoms with Crippen LogP contribution in [0.2, 0.25) is 0 Å². The number of carboxylic acid groups (broad SMARTS) is 1. The summed E-state index contributed by atoms with van der Waals surface area (Å²) in [5.41, 5.74) is 4.79. The molecular weight excluding hydrogens is 208 g/mol. The van der Waals surface area contributed by atoms with Gasteiger partial charge in [-0.2, -0.15) is 0 Å². The number of aliphatic carboxylic acids is 1. The van der Waals surface area contributed by atoms with Crippen molar-refractivity contribution in [3.8, 4) is 0 Å². The van der Waals surface area contributed by atoms with Gasteiger partial charge in [0, 0.05) is 5.54 Å². The first-order valence-electron chi connectivity index (χ1n) is 5.68. The van der Waals surface area contributed by atoms with Gasteiger partial charge in [0.25, 0.3) is 0 Å². The van der Waals surface area contributed by atoms with E-state index in [0.29, 0.717) is 0 Å². The molecule has 0 bridgehead atoms. The molecule has 1 aliphatic carbocycles. The number of primary amides is 1. The largest absolute Gasteiger partial charge is 0.481 e. The second-order valence-corrected chi connectivity index (χ2v) is 4.68. The van der Waals surface area contributed by atoms with Crippen molar-refractivity contribution < 1.29 is 14.7 Å². The Balaban J connectivity index is 2.75. The van der Waals surface area contributed by atoms with Crippen molar-refractivity contribution in [1.82, 2.24) is 4.90 Å². The van der Waals surface area contributed by atoms with E-state index in [1.807, 2.05) is 4.90 Å². The minimum Gasteiger partial charge on any atom is -0.481 e. The van der Waals surface area contributed by atoms with Gasteiger partial charge >= 0.3 is 5.97 Å². The molecule has 1 saturated carbocycles. The van der Waals surface area contributed by atoms with Gasteiger partial charge in [-0.25, -0.2) is 0 Å². The van der Waals surface area contributed by atoms with E-state index in [1.165, 1.54) is 0 Å². The summed E-state index contributed by atoms with van der Waals surface area (Å²) in [5, 5.41) is 8.97. The minimum absolute atomic E-state index is 0.0940. The number of carboxylic acids is 1. The summed E-state index contributed by atoms with van der Waals surface area (Å²) >= 11 is 0. The van der Waals surface area contributed by atoms with Gasteiger partial charge in [0.1, 0.15) is 0 Å². The molecule has 0 spiro atoms. The molecule has 1 fully saturated rings. The number of likely N-dealkylation sites (N-methyl/N-ethyl adjacent to an activating group) is 1. The molecule has 0 atom stereocenters. The highest BCUT2D eigenvalue weighted by molar-refractivity contribution is 5.76. The van der Waals surface area contributed by atoms with Crippen LogP contribution < -0.4 is 5.73 Å². The van der Waals surface area contributed by atoms with Gasteiger partial charge < -0.3 is 10.8 Å². The van der Waals surface area contributed by atoms with Crippen molar-refractivity contribution in [3.63, 3.8) is 0 Å². The second-order valence-electron chi connectivity index (χ2n) is 4.68. The van der Waals surface area contributed by atoms with Crippen LogP contribution >= 0.6 is 0 Å². The second kappa shape index (κ2) is 5.30. The molecule has 5 heteroatoms. The van der Waals surface area contributed by atoms with E-state index in [0.717, 1.165) is 32.1 Å². The SMILES string of the molecule is CN(CC(N)=O)C1(CC(=O)O)CCCCC1. The number of nitrogens with zero attached hydrogens (tertiary/aromatic N) is 1. The Bertz CT molecular complexity index is 272. The van der Waals surface area contributed by atoms with Gasteiger partial charge in [0.15, 0.2) is 0 Å². The molecule has 0 aliphatic heterocycles. The minimum atomic E-state index is -0.807. The van der Waals surface area contributed by atoms with Gasteiger partial charge in [-0.15, -0.1) is 0 Å². The third-order valence-corrected chi connectivity index (χ3v) is 3.47. The van der Waals surface area contributed by atoms with Gasteiger partial charge in [-0.3, -0.25) is 14.5 Å². The lowest BCUT2D eigenvalue weighted by Crippen LogP contribution is -2.52. The molecule has 0 aromatic rings. The first-order chi connectivity index (χ1) is 7.46. The standard InChI is InChI=1S/C11H20N2O3/c1-13(8-9(12)14)11(7-10(15)16)5-3-2-4-6-11/h2-8H2,1H3,(H2,12,14)(H,15,16). The number of rotatable bonds is 5. The molecule has 0 saturated heterocycles. The van der Waals surface area contributed by atoms with Crippen molar-refractivity contribution in [2.45, 2.75) is 44.1 Å². The van der Waals surface area contributed by atoms with Crippen LogP contribution in [0.1, 0.15) is 38.5 Å². The predicted molar refractivity (Wildman–Crippen MR) is 59.9 cm³/mol. The van der Waals surface area contributed by atoms with E-state index >= 15 is 0 Å². The van der Waals surface area contributed by atoms with Crippen LogP contribution in [0.4, 0.5) is 0 Å². The Kier molecular flexibility index (Phi) is 4.29. The summed E-state index contributed by atoms with van der Waals surface area (Å²) in [5.74, 6) is -1.21. The van der Waals surface area contributed by atoms with E-state index in [2.05, 4.69) is 0 Å². The number of carbonyl (C=O) groups excluding carboxylic acids is 1. The highest BCUT2D eigenvalue weighted by Crippen LogP contribution is 2.35. The van der Waals surface area contributed by atoms with Crippen LogP contribution in [-0.2, 0) is 9.59 Å². The number of amides is 1. The lowest BCUT2D eigenvalue weighted by molar-refractivity contribution is -0.142. The molecule has 0 aromatic heterocycles. The number of hydrogen-bond acceptors (Lipinski definition) is 3. The fraction of sp³-hybridized carbons (Fsp3) is 0.818. The van der Waals surface area contributed by atoms with Crippen LogP contribution in [0.15, 0.2) is 0 Å². The monoisotopic (exact) mass is 228 g/mol. The predicted octanol–water partition coefficient (Wildman–Crippen LogP) is 0.581. The summed E-state index contributed by atoms with van der Waals surface area (Å²) in [7, 11) is 1.79. The first kappa shape index (κ1) is 13.0. The quantitative estimate of drug-likeness (QED) is 0.721. The van der Waals surface area contributed by atoms with Gasteiger partial charge in [-0.05, 0) is 19.9 Å². The Morgan fingerprint density at radius 3 is 2.31 bits per heavy atom. The molecule has 5 nitrogen and oxygen atoms in total. The van der Waals surface area contributed by atoms with Gasteiger partial charge in [0.05, 0.1) is 13.0 Å². The van der Waals surface area contributed by atoms with Crippen molar-refractivity contribution in [1.29, 1.82) is 0 Å². The molecule has 0 aromatic carbocycles. The van der Waals surface area contributed by atoms with E-state index in [4.69, 9.17) is 10.8 Å². The van der Waals surface area contributed by atoms with E-state index in [1.54, 1.807) is 7.05 Å². The molecule has 0 heterocycles. The van der Waals surface area contributed by atoms with Gasteiger partial charge in [-0.1, -0.05) is 19.3 Å². The molecule has 0 radical (unpaired) electrons. The average molecular weight is 228 g/mol. The fourth-order valence-corrected chi connectivity index (χ4v) is 2.59. The molecule has 0 unspecified atom stereocenters. The lowest BCUT2D eigenvalue weighted by atomic mass is 9.78. The Morgan fingerprint density at radius 2 is 1.88 bits per heavy atom. The van der Waals surface area contributed by atoms with Crippen molar-refractivity contribution in [2.75, 3.05) is 13.6 Å². The fourth-order valence-electron chi connectivity index (χ4n) is 2.59. The summed E-state index contributed by atoms with van der Waals surface area (Å²) in [6.45, 7) is 0.132. The maximum atomic E-state index is 10.9. The van der Waals surface area contributed by atoms with Crippen LogP contribution in [0.5, 0.6) is 0 Å². The molecule has 92 valence electrons. The summed E-state index contributed by atoms with van der Waals surface area (Å²) in [4.78, 5) is 23.7. The Hall–Kier alpha value is -1.10. The van der Waals surface area contributed by atoms with E-state index in [-0.39, 0.29) is 18.5 Å². The van der Waals surface area contributed by atoms with Crippen LogP contribution in [0.3, 0.4) is 0 Å². The Labute approximate surface area is 95.6 Å². The maximum Gasteiger partial charge on any atom is 0.305 e. The maximum absolute atomic E-state index is 10.9. The van der Waals surface area contributed by atoms with E-state index < -0.39 is 11.9 Å². The van der Waals surface area contributed by atoms with Gasteiger partial charge in [0.2, 0.25) is 5.91 Å². The molecule has 1 rings (SSSR count). The topological polar surface area (TPSA) is 83.6 Å². The zero-order valence-corrected chi connectivity index (χ0v) is 9.74. The molecule has 1 aliphatic rings. The van der Waals surface area contributed by atoms with Crippen LogP contribution in [0.25, 0.3) is 0 Å². The van der Waals surface area contributed by atoms with E-state index in [9.17, 15) is 9.59 Å². The first-order valence-corrected chi connectivity index (χ1v) is 5.68. The smallest absolute Gasteiger partial charge is 0.305 e. The molecule has 16 heavy (non-hydrogen) atoms. The molecule has 1 amide bonds. The highest BCUT2D eigenvalue weighted by atomic mass is 16.4. The zero-order valence-electron chi connectivity index (χ0n) is 9.74. The third-order valence-electron chi connectivity index (χ3n) is 3.47. The van der Waals surface area contributed by atoms with Crippen molar-refractivity contribution in [2.24, 2.45) is 5.73 Å². The lowest BCUT2D eigenvalue weighted by Gasteiger charge is -2.43. The average Bonchev–Trinajstić information content (AvgIpc) is 2.16. The molecular formula is C11H20N2O3. The highest BCUT2D eigenvalue weighted by Gasteiger charge is 2.38. The Morgan fingerprint density at radius 1 is 1.31 bits per heavy atom. The summed E-state index contributed by atoms with van der Waals surface area (Å²) < 4.78 is 0. The number of nitrogens with two attached hydrogens (primary N) is 1. The summed E-state index contributed by atoms with van der Waals surface area (Å²) in [6, 6.07) is 0. The van der Waals surface area contributed by atoms with Crippen molar-refractivity contribution in [3.05, 3.63) is 0 Å². The normalized spacial score (nSPS) is 19.6. The number of hydrogen-bond donors (Lipinski definition) is 2. The van der Waals surface area contributed by atoms with Crippen molar-refractivity contribution >= 4 is 11.9 Å². The zero-order chi connectivity index (χ0) is 12.2. The summed E-state index contributed by atoms with van der Waals surface area (Å²) in [6.07, 6.45) is 4.96.